The van der Waals surface area contributed by atoms with Gasteiger partial charge in [-0.2, -0.15) is 0 Å². The Morgan fingerprint density at radius 3 is 2.57 bits per heavy atom. The van der Waals surface area contributed by atoms with Crippen LogP contribution in [0, 0.1) is 5.92 Å². The Kier molecular flexibility index (Phi) is 4.30. The smallest absolute Gasteiger partial charge is 0.128 e. The minimum Gasteiger partial charge on any atom is -0.496 e. The van der Waals surface area contributed by atoms with Gasteiger partial charge in [0.15, 0.2) is 0 Å². The van der Waals surface area contributed by atoms with E-state index in [4.69, 9.17) is 9.47 Å². The molecule has 3 nitrogen and oxygen atoms in total. The van der Waals surface area contributed by atoms with Gasteiger partial charge in [-0.05, 0) is 36.6 Å². The van der Waals surface area contributed by atoms with Gasteiger partial charge < -0.3 is 14.4 Å². The number of nitrogens with zero attached hydrogens (tertiary/aromatic N) is 1. The lowest BCUT2D eigenvalue weighted by atomic mass is 9.64. The minimum absolute atomic E-state index is 0.0466. The van der Waals surface area contributed by atoms with E-state index in [1.807, 2.05) is 6.07 Å². The predicted molar refractivity (Wildman–Crippen MR) is 114 cm³/mol. The van der Waals surface area contributed by atoms with E-state index in [-0.39, 0.29) is 5.41 Å². The molecular formula is C25H31NO2. The molecule has 2 heterocycles. The van der Waals surface area contributed by atoms with Crippen molar-refractivity contribution in [2.45, 2.75) is 63.5 Å². The van der Waals surface area contributed by atoms with Gasteiger partial charge in [0.2, 0.25) is 0 Å². The summed E-state index contributed by atoms with van der Waals surface area (Å²) < 4.78 is 12.2. The lowest BCUT2D eigenvalue weighted by molar-refractivity contribution is 0.112. The van der Waals surface area contributed by atoms with Crippen molar-refractivity contribution in [1.82, 2.24) is 0 Å². The molecule has 0 saturated heterocycles. The van der Waals surface area contributed by atoms with Crippen molar-refractivity contribution in [3.05, 3.63) is 53.6 Å². The summed E-state index contributed by atoms with van der Waals surface area (Å²) in [6.07, 6.45) is 6.60. The van der Waals surface area contributed by atoms with E-state index in [2.05, 4.69) is 55.1 Å². The molecule has 3 aliphatic rings. The van der Waals surface area contributed by atoms with Crippen molar-refractivity contribution in [2.75, 3.05) is 18.6 Å². The van der Waals surface area contributed by atoms with Crippen molar-refractivity contribution >= 4 is 5.69 Å². The van der Waals surface area contributed by atoms with Gasteiger partial charge in [0, 0.05) is 23.1 Å². The molecule has 148 valence electrons. The fourth-order valence-corrected chi connectivity index (χ4v) is 5.90. The molecule has 2 aromatic carbocycles. The first-order valence-corrected chi connectivity index (χ1v) is 10.8. The average molecular weight is 378 g/mol. The van der Waals surface area contributed by atoms with Crippen LogP contribution in [0.3, 0.4) is 0 Å². The van der Waals surface area contributed by atoms with Crippen molar-refractivity contribution in [3.63, 3.8) is 0 Å². The van der Waals surface area contributed by atoms with Crippen LogP contribution in [0.5, 0.6) is 11.5 Å². The molecule has 0 aromatic heterocycles. The zero-order valence-corrected chi connectivity index (χ0v) is 17.3. The second-order valence-electron chi connectivity index (χ2n) is 9.17. The highest BCUT2D eigenvalue weighted by Gasteiger charge is 2.51. The summed E-state index contributed by atoms with van der Waals surface area (Å²) in [5.41, 5.74) is 4.17. The number of ether oxygens (including phenoxy) is 2. The summed E-state index contributed by atoms with van der Waals surface area (Å²) in [5.74, 6) is 2.35. The van der Waals surface area contributed by atoms with Crippen molar-refractivity contribution in [2.24, 2.45) is 5.92 Å². The molecule has 2 aliphatic heterocycles. The third-order valence-electron chi connectivity index (χ3n) is 7.41. The molecule has 1 aliphatic carbocycles. The van der Waals surface area contributed by atoms with Crippen molar-refractivity contribution < 1.29 is 9.47 Å². The van der Waals surface area contributed by atoms with Crippen LogP contribution in [0.1, 0.15) is 63.1 Å². The molecule has 3 heteroatoms. The number of fused-ring (bicyclic) bond motifs is 4. The minimum atomic E-state index is 0.0466. The Morgan fingerprint density at radius 1 is 1.00 bits per heavy atom. The predicted octanol–water partition coefficient (Wildman–Crippen LogP) is 5.88. The fourth-order valence-electron chi connectivity index (χ4n) is 5.90. The maximum atomic E-state index is 6.32. The number of methoxy groups -OCH3 is 1. The van der Waals surface area contributed by atoms with Gasteiger partial charge in [-0.1, -0.05) is 57.4 Å². The van der Waals surface area contributed by atoms with Gasteiger partial charge in [-0.25, -0.2) is 0 Å². The molecule has 2 atom stereocenters. The molecule has 28 heavy (non-hydrogen) atoms. The van der Waals surface area contributed by atoms with Gasteiger partial charge in [-0.15, -0.1) is 0 Å². The maximum Gasteiger partial charge on any atom is 0.128 e. The third kappa shape index (κ3) is 2.55. The van der Waals surface area contributed by atoms with E-state index in [0.717, 1.165) is 18.1 Å². The molecule has 0 unspecified atom stereocenters. The quantitative estimate of drug-likeness (QED) is 0.653. The molecule has 0 N–H and O–H groups in total. The van der Waals surface area contributed by atoms with E-state index in [0.29, 0.717) is 18.0 Å². The van der Waals surface area contributed by atoms with Crippen LogP contribution < -0.4 is 14.4 Å². The number of benzene rings is 2. The Labute approximate surface area is 168 Å². The monoisotopic (exact) mass is 377 g/mol. The summed E-state index contributed by atoms with van der Waals surface area (Å²) in [6.45, 7) is 5.55. The second-order valence-corrected chi connectivity index (χ2v) is 9.17. The second kappa shape index (κ2) is 6.72. The Hall–Kier alpha value is -2.16. The molecule has 2 aromatic rings. The standard InChI is InChI=1S/C25H31NO2/c1-25(2)18-12-7-8-13-20(18)26(17-10-5-4-6-11-17)24-19(25)16-28-22-15-9-14-21(27-3)23(22)24/h7-9,12-15,17,19,24H,4-6,10-11,16H2,1-3H3/t19-,24+/m1/s1. The number of para-hydroxylation sites is 1. The number of hydrogen-bond donors (Lipinski definition) is 0. The largest absolute Gasteiger partial charge is 0.496 e. The number of rotatable bonds is 2. The summed E-state index contributed by atoms with van der Waals surface area (Å²) >= 11 is 0. The van der Waals surface area contributed by atoms with E-state index >= 15 is 0 Å². The van der Waals surface area contributed by atoms with E-state index in [1.165, 1.54) is 48.9 Å². The van der Waals surface area contributed by atoms with Crippen molar-refractivity contribution in [3.8, 4) is 11.5 Å². The molecule has 5 rings (SSSR count). The third-order valence-corrected chi connectivity index (χ3v) is 7.41. The highest BCUT2D eigenvalue weighted by atomic mass is 16.5. The van der Waals surface area contributed by atoms with Crippen LogP contribution >= 0.6 is 0 Å². The first kappa shape index (κ1) is 17.9. The number of hydrogen-bond acceptors (Lipinski definition) is 3. The number of anilines is 1. The van der Waals surface area contributed by atoms with E-state index in [9.17, 15) is 0 Å². The van der Waals surface area contributed by atoms with Crippen LogP contribution in [-0.2, 0) is 5.41 Å². The average Bonchev–Trinajstić information content (AvgIpc) is 2.74. The van der Waals surface area contributed by atoms with E-state index < -0.39 is 0 Å². The zero-order valence-electron chi connectivity index (χ0n) is 17.3. The molecule has 0 spiro atoms. The van der Waals surface area contributed by atoms with Gasteiger partial charge >= 0.3 is 0 Å². The molecule has 0 radical (unpaired) electrons. The normalized spacial score (nSPS) is 25.9. The molecular weight excluding hydrogens is 346 g/mol. The lowest BCUT2D eigenvalue weighted by Gasteiger charge is -2.56. The highest BCUT2D eigenvalue weighted by molar-refractivity contribution is 5.65. The van der Waals surface area contributed by atoms with E-state index in [1.54, 1.807) is 7.11 Å². The summed E-state index contributed by atoms with van der Waals surface area (Å²) in [7, 11) is 1.78. The fraction of sp³-hybridized carbons (Fsp3) is 0.520. The zero-order chi connectivity index (χ0) is 19.3. The molecule has 1 fully saturated rings. The van der Waals surface area contributed by atoms with Crippen LogP contribution in [0.4, 0.5) is 5.69 Å². The Balaban J connectivity index is 1.74. The maximum absolute atomic E-state index is 6.32. The van der Waals surface area contributed by atoms with Gasteiger partial charge in [0.25, 0.3) is 0 Å². The van der Waals surface area contributed by atoms with Gasteiger partial charge in [0.1, 0.15) is 11.5 Å². The molecule has 0 amide bonds. The SMILES string of the molecule is COc1cccc2c1[C@@H]1[C@@H](CO2)C(C)(C)c2ccccc2N1C1CCCCC1. The van der Waals surface area contributed by atoms with Crippen LogP contribution in [-0.4, -0.2) is 19.8 Å². The molecule has 0 bridgehead atoms. The highest BCUT2D eigenvalue weighted by Crippen LogP contribution is 2.58. The van der Waals surface area contributed by atoms with Gasteiger partial charge in [-0.3, -0.25) is 0 Å². The Bertz CT molecular complexity index is 854. The summed E-state index contributed by atoms with van der Waals surface area (Å²) in [4.78, 5) is 2.76. The first-order valence-electron chi connectivity index (χ1n) is 10.8. The molecule has 1 saturated carbocycles. The van der Waals surface area contributed by atoms with Crippen LogP contribution in [0.15, 0.2) is 42.5 Å². The topological polar surface area (TPSA) is 21.7 Å². The van der Waals surface area contributed by atoms with Gasteiger partial charge in [0.05, 0.1) is 25.3 Å². The Morgan fingerprint density at radius 2 is 1.79 bits per heavy atom. The van der Waals surface area contributed by atoms with Crippen LogP contribution in [0.25, 0.3) is 0 Å². The summed E-state index contributed by atoms with van der Waals surface area (Å²) in [5, 5.41) is 0. The van der Waals surface area contributed by atoms with Crippen LogP contribution in [0.2, 0.25) is 0 Å². The van der Waals surface area contributed by atoms with Crippen molar-refractivity contribution in [1.29, 1.82) is 0 Å². The first-order chi connectivity index (χ1) is 13.6. The lowest BCUT2D eigenvalue weighted by Crippen LogP contribution is -2.54. The summed E-state index contributed by atoms with van der Waals surface area (Å²) in [6, 6.07) is 16.2.